The van der Waals surface area contributed by atoms with Gasteiger partial charge in [0.2, 0.25) is 5.91 Å². The maximum atomic E-state index is 12.1. The number of amides is 1. The lowest BCUT2D eigenvalue weighted by Gasteiger charge is -2.10. The summed E-state index contributed by atoms with van der Waals surface area (Å²) >= 11 is 0. The molecule has 0 radical (unpaired) electrons. The number of hydrogen-bond acceptors (Lipinski definition) is 4. The van der Waals surface area contributed by atoms with Gasteiger partial charge in [0.15, 0.2) is 0 Å². The van der Waals surface area contributed by atoms with E-state index >= 15 is 0 Å². The summed E-state index contributed by atoms with van der Waals surface area (Å²) in [6.45, 7) is 0.137. The van der Waals surface area contributed by atoms with E-state index < -0.39 is 11.3 Å². The van der Waals surface area contributed by atoms with Gasteiger partial charge in [0, 0.05) is 18.7 Å². The van der Waals surface area contributed by atoms with Gasteiger partial charge in [0.05, 0.1) is 11.3 Å². The maximum Gasteiger partial charge on any atom is 0.573 e. The second-order valence-electron chi connectivity index (χ2n) is 5.07. The van der Waals surface area contributed by atoms with Gasteiger partial charge in [-0.15, -0.1) is 13.2 Å². The van der Waals surface area contributed by atoms with E-state index in [4.69, 9.17) is 0 Å². The Morgan fingerprint density at radius 3 is 2.12 bits per heavy atom. The standard InChI is InChI=1S/C16H13F3N2O4/c17-16(18,19)25-14-7-3-12(4-8-14)10-20-15(22)9-11-1-5-13(6-2-11)21(23)24/h1-8H,9-10H2,(H,20,22). The molecule has 1 N–H and O–H groups in total. The lowest BCUT2D eigenvalue weighted by atomic mass is 10.1. The zero-order valence-corrected chi connectivity index (χ0v) is 12.7. The highest BCUT2D eigenvalue weighted by Gasteiger charge is 2.30. The van der Waals surface area contributed by atoms with Crippen molar-refractivity contribution in [3.05, 3.63) is 69.8 Å². The van der Waals surface area contributed by atoms with Crippen LogP contribution in [0.4, 0.5) is 18.9 Å². The Hall–Kier alpha value is -3.10. The monoisotopic (exact) mass is 354 g/mol. The van der Waals surface area contributed by atoms with E-state index in [1.54, 1.807) is 0 Å². The fraction of sp³-hybridized carbons (Fsp3) is 0.188. The Labute approximate surface area is 140 Å². The number of rotatable bonds is 6. The predicted octanol–water partition coefficient (Wildman–Crippen LogP) is 3.35. The van der Waals surface area contributed by atoms with Gasteiger partial charge < -0.3 is 10.1 Å². The molecule has 132 valence electrons. The average Bonchev–Trinajstić information content (AvgIpc) is 2.53. The molecule has 0 atom stereocenters. The molecule has 0 unspecified atom stereocenters. The summed E-state index contributed by atoms with van der Waals surface area (Å²) in [5.74, 6) is -0.655. The lowest BCUT2D eigenvalue weighted by Crippen LogP contribution is -2.24. The molecule has 0 heterocycles. The molecular formula is C16H13F3N2O4. The number of carbonyl (C=O) groups excluding carboxylic acids is 1. The Morgan fingerprint density at radius 2 is 1.60 bits per heavy atom. The van der Waals surface area contributed by atoms with Crippen molar-refractivity contribution in [1.29, 1.82) is 0 Å². The molecular weight excluding hydrogens is 341 g/mol. The van der Waals surface area contributed by atoms with Crippen LogP contribution in [0.3, 0.4) is 0 Å². The van der Waals surface area contributed by atoms with E-state index in [1.807, 2.05) is 0 Å². The summed E-state index contributed by atoms with van der Waals surface area (Å²) in [6, 6.07) is 10.7. The van der Waals surface area contributed by atoms with Crippen molar-refractivity contribution in [2.75, 3.05) is 0 Å². The topological polar surface area (TPSA) is 81.5 Å². The number of benzene rings is 2. The van der Waals surface area contributed by atoms with Crippen LogP contribution < -0.4 is 10.1 Å². The van der Waals surface area contributed by atoms with Crippen LogP contribution in [0.25, 0.3) is 0 Å². The van der Waals surface area contributed by atoms with Crippen LogP contribution in [0, 0.1) is 10.1 Å². The van der Waals surface area contributed by atoms with E-state index in [0.29, 0.717) is 11.1 Å². The Morgan fingerprint density at radius 1 is 1.04 bits per heavy atom. The van der Waals surface area contributed by atoms with Gasteiger partial charge in [-0.1, -0.05) is 24.3 Å². The van der Waals surface area contributed by atoms with Crippen molar-refractivity contribution in [2.24, 2.45) is 0 Å². The molecule has 0 bridgehead atoms. The summed E-state index contributed by atoms with van der Waals surface area (Å²) in [6.07, 6.45) is -4.71. The third-order valence-electron chi connectivity index (χ3n) is 3.16. The van der Waals surface area contributed by atoms with E-state index in [-0.39, 0.29) is 30.3 Å². The minimum atomic E-state index is -4.75. The highest BCUT2D eigenvalue weighted by Crippen LogP contribution is 2.22. The minimum Gasteiger partial charge on any atom is -0.406 e. The number of nitro groups is 1. The number of hydrogen-bond donors (Lipinski definition) is 1. The number of nitrogens with zero attached hydrogens (tertiary/aromatic N) is 1. The quantitative estimate of drug-likeness (QED) is 0.637. The molecule has 0 aliphatic heterocycles. The number of alkyl halides is 3. The molecule has 9 heteroatoms. The van der Waals surface area contributed by atoms with E-state index in [2.05, 4.69) is 10.1 Å². The first-order valence-corrected chi connectivity index (χ1v) is 7.08. The molecule has 1 amide bonds. The second-order valence-corrected chi connectivity index (χ2v) is 5.07. The summed E-state index contributed by atoms with van der Waals surface area (Å²) in [5.41, 5.74) is 1.15. The highest BCUT2D eigenvalue weighted by atomic mass is 19.4. The molecule has 0 spiro atoms. The van der Waals surface area contributed by atoms with Gasteiger partial charge in [-0.3, -0.25) is 14.9 Å². The molecule has 0 aromatic heterocycles. The van der Waals surface area contributed by atoms with Crippen LogP contribution in [0.15, 0.2) is 48.5 Å². The number of carbonyl (C=O) groups is 1. The molecule has 0 fully saturated rings. The first-order chi connectivity index (χ1) is 11.7. The van der Waals surface area contributed by atoms with Crippen molar-refractivity contribution in [2.45, 2.75) is 19.3 Å². The van der Waals surface area contributed by atoms with Gasteiger partial charge in [-0.25, -0.2) is 0 Å². The third-order valence-corrected chi connectivity index (χ3v) is 3.16. The van der Waals surface area contributed by atoms with Crippen molar-refractivity contribution < 1.29 is 27.6 Å². The first kappa shape index (κ1) is 18.2. The number of nitro benzene ring substituents is 1. The second kappa shape index (κ2) is 7.65. The SMILES string of the molecule is O=C(Cc1ccc([N+](=O)[O-])cc1)NCc1ccc(OC(F)(F)F)cc1. The van der Waals surface area contributed by atoms with Gasteiger partial charge in [-0.05, 0) is 23.3 Å². The molecule has 2 aromatic rings. The zero-order valence-electron chi connectivity index (χ0n) is 12.7. The average molecular weight is 354 g/mol. The molecule has 0 saturated heterocycles. The summed E-state index contributed by atoms with van der Waals surface area (Å²) in [7, 11) is 0. The van der Waals surface area contributed by atoms with E-state index in [0.717, 1.165) is 12.1 Å². The van der Waals surface area contributed by atoms with Gasteiger partial charge in [0.1, 0.15) is 5.75 Å². The number of ether oxygens (including phenoxy) is 1. The van der Waals surface area contributed by atoms with E-state index in [1.165, 1.54) is 36.4 Å². The third kappa shape index (κ3) is 6.13. The van der Waals surface area contributed by atoms with Crippen LogP contribution in [0.1, 0.15) is 11.1 Å². The van der Waals surface area contributed by atoms with Gasteiger partial charge in [-0.2, -0.15) is 0 Å². The molecule has 25 heavy (non-hydrogen) atoms. The van der Waals surface area contributed by atoms with Gasteiger partial charge >= 0.3 is 6.36 Å². The van der Waals surface area contributed by atoms with Crippen molar-refractivity contribution >= 4 is 11.6 Å². The van der Waals surface area contributed by atoms with Crippen LogP contribution in [0.2, 0.25) is 0 Å². The molecule has 0 saturated carbocycles. The van der Waals surface area contributed by atoms with Crippen LogP contribution in [-0.4, -0.2) is 17.2 Å². The van der Waals surface area contributed by atoms with Crippen molar-refractivity contribution in [3.63, 3.8) is 0 Å². The van der Waals surface area contributed by atoms with Crippen molar-refractivity contribution in [3.8, 4) is 5.75 Å². The summed E-state index contributed by atoms with van der Waals surface area (Å²) in [5, 5.41) is 13.2. The Balaban J connectivity index is 1.84. The van der Waals surface area contributed by atoms with E-state index in [9.17, 15) is 28.1 Å². The Kier molecular flexibility index (Phi) is 5.58. The molecule has 2 rings (SSSR count). The molecule has 2 aromatic carbocycles. The number of non-ortho nitro benzene ring substituents is 1. The highest BCUT2D eigenvalue weighted by molar-refractivity contribution is 5.78. The summed E-state index contributed by atoms with van der Waals surface area (Å²) in [4.78, 5) is 21.9. The van der Waals surface area contributed by atoms with Crippen LogP contribution >= 0.6 is 0 Å². The molecule has 0 aliphatic carbocycles. The van der Waals surface area contributed by atoms with Crippen LogP contribution in [0.5, 0.6) is 5.75 Å². The largest absolute Gasteiger partial charge is 0.573 e. The molecule has 0 aliphatic rings. The summed E-state index contributed by atoms with van der Waals surface area (Å²) < 4.78 is 39.9. The first-order valence-electron chi connectivity index (χ1n) is 7.08. The smallest absolute Gasteiger partial charge is 0.406 e. The lowest BCUT2D eigenvalue weighted by molar-refractivity contribution is -0.384. The van der Waals surface area contributed by atoms with Crippen LogP contribution in [-0.2, 0) is 17.8 Å². The minimum absolute atomic E-state index is 0.0350. The Bertz CT molecular complexity index is 743. The predicted molar refractivity (Wildman–Crippen MR) is 81.8 cm³/mol. The van der Waals surface area contributed by atoms with Gasteiger partial charge in [0.25, 0.3) is 5.69 Å². The molecule has 6 nitrogen and oxygen atoms in total. The fourth-order valence-corrected chi connectivity index (χ4v) is 1.99. The number of nitrogens with one attached hydrogen (secondary N) is 1. The zero-order chi connectivity index (χ0) is 18.4. The fourth-order valence-electron chi connectivity index (χ4n) is 1.99. The normalized spacial score (nSPS) is 11.0. The van der Waals surface area contributed by atoms with Crippen molar-refractivity contribution in [1.82, 2.24) is 5.32 Å². The number of halogens is 3. The maximum absolute atomic E-state index is 12.1.